The van der Waals surface area contributed by atoms with E-state index in [-0.39, 0.29) is 0 Å². The van der Waals surface area contributed by atoms with Crippen molar-refractivity contribution in [3.05, 3.63) is 0 Å². The smallest absolute Gasteiger partial charge is 0.318 e. The number of halogens is 2. The van der Waals surface area contributed by atoms with E-state index in [4.69, 9.17) is 28.9 Å². The molecular formula is C6H8Cl2N2O2. The van der Waals surface area contributed by atoms with Gasteiger partial charge in [-0.1, -0.05) is 0 Å². The van der Waals surface area contributed by atoms with E-state index in [0.717, 1.165) is 0 Å². The highest BCUT2D eigenvalue weighted by molar-refractivity contribution is 6.53. The fourth-order valence-corrected chi connectivity index (χ4v) is 1.60. The van der Waals surface area contributed by atoms with E-state index in [0.29, 0.717) is 6.42 Å². The van der Waals surface area contributed by atoms with Gasteiger partial charge in [0.2, 0.25) is 5.91 Å². The second-order valence-electron chi connectivity index (χ2n) is 3.03. The summed E-state index contributed by atoms with van der Waals surface area (Å²) in [6.45, 7) is 1.57. The predicted molar refractivity (Wildman–Crippen MR) is 44.9 cm³/mol. The first-order valence-electron chi connectivity index (χ1n) is 3.28. The van der Waals surface area contributed by atoms with Crippen molar-refractivity contribution in [3.63, 3.8) is 0 Å². The van der Waals surface area contributed by atoms with Crippen LogP contribution < -0.4 is 11.1 Å². The van der Waals surface area contributed by atoms with E-state index >= 15 is 0 Å². The summed E-state index contributed by atoms with van der Waals surface area (Å²) in [6.07, 6.45) is 0.336. The molecule has 0 spiro atoms. The molecule has 0 aromatic carbocycles. The van der Waals surface area contributed by atoms with Crippen molar-refractivity contribution in [2.75, 3.05) is 0 Å². The number of hydrogen-bond acceptors (Lipinski definition) is 2. The van der Waals surface area contributed by atoms with Gasteiger partial charge in [-0.2, -0.15) is 0 Å². The Morgan fingerprint density at radius 3 is 2.17 bits per heavy atom. The zero-order valence-electron chi connectivity index (χ0n) is 6.36. The fraction of sp³-hybridized carbons (Fsp3) is 0.667. The van der Waals surface area contributed by atoms with Gasteiger partial charge in [0.25, 0.3) is 0 Å². The van der Waals surface area contributed by atoms with Crippen LogP contribution in [-0.2, 0) is 4.79 Å². The monoisotopic (exact) mass is 210 g/mol. The van der Waals surface area contributed by atoms with Gasteiger partial charge in [-0.3, -0.25) is 10.1 Å². The lowest BCUT2D eigenvalue weighted by molar-refractivity contribution is -0.124. The number of primary amides is 1. The Labute approximate surface area is 79.4 Å². The quantitative estimate of drug-likeness (QED) is 0.628. The Hall–Kier alpha value is -0.480. The summed E-state index contributed by atoms with van der Waals surface area (Å²) >= 11 is 11.4. The van der Waals surface area contributed by atoms with Crippen LogP contribution in [0.15, 0.2) is 0 Å². The molecule has 3 amide bonds. The van der Waals surface area contributed by atoms with Gasteiger partial charge in [0.15, 0.2) is 0 Å². The SMILES string of the molecule is CC1(C(=O)NC(N)=O)CC1(Cl)Cl. The topological polar surface area (TPSA) is 72.2 Å². The lowest BCUT2D eigenvalue weighted by atomic mass is 10.1. The summed E-state index contributed by atoms with van der Waals surface area (Å²) in [6, 6.07) is -0.891. The largest absolute Gasteiger partial charge is 0.351 e. The zero-order valence-corrected chi connectivity index (χ0v) is 7.87. The molecule has 4 nitrogen and oxygen atoms in total. The molecule has 1 saturated carbocycles. The average molecular weight is 211 g/mol. The Balaban J connectivity index is 2.62. The minimum Gasteiger partial charge on any atom is -0.351 e. The molecule has 0 heterocycles. The van der Waals surface area contributed by atoms with E-state index in [9.17, 15) is 9.59 Å². The summed E-state index contributed by atoms with van der Waals surface area (Å²) in [7, 11) is 0. The lowest BCUT2D eigenvalue weighted by Crippen LogP contribution is -2.40. The number of nitrogens with two attached hydrogens (primary N) is 1. The molecule has 1 rings (SSSR count). The number of rotatable bonds is 1. The van der Waals surface area contributed by atoms with Crippen molar-refractivity contribution in [1.29, 1.82) is 0 Å². The first kappa shape index (κ1) is 9.61. The molecule has 1 unspecified atom stereocenters. The van der Waals surface area contributed by atoms with Crippen molar-refractivity contribution in [2.45, 2.75) is 17.7 Å². The average Bonchev–Trinajstić information content (AvgIpc) is 2.32. The molecule has 1 aliphatic rings. The first-order valence-corrected chi connectivity index (χ1v) is 4.04. The van der Waals surface area contributed by atoms with Crippen LogP contribution in [0.25, 0.3) is 0 Å². The minimum absolute atomic E-state index is 0.336. The summed E-state index contributed by atoms with van der Waals surface area (Å²) in [5.41, 5.74) is 3.87. The predicted octanol–water partition coefficient (Wildman–Crippen LogP) is 0.765. The standard InChI is InChI=1S/C6H8Cl2N2O2/c1-5(2-6(5,7)8)3(11)10-4(9)12/h2H2,1H3,(H3,9,10,11,12). The second-order valence-corrected chi connectivity index (χ2v) is 4.52. The number of hydrogen-bond donors (Lipinski definition) is 2. The van der Waals surface area contributed by atoms with Crippen LogP contribution in [0.3, 0.4) is 0 Å². The number of carbonyl (C=O) groups excluding carboxylic acids is 2. The normalized spacial score (nSPS) is 30.9. The molecule has 6 heteroatoms. The van der Waals surface area contributed by atoms with Gasteiger partial charge < -0.3 is 5.73 Å². The number of alkyl halides is 2. The Bertz CT molecular complexity index is 254. The molecule has 0 aromatic rings. The third-order valence-corrected chi connectivity index (χ3v) is 3.10. The maximum atomic E-state index is 11.2. The summed E-state index contributed by atoms with van der Waals surface area (Å²) in [5, 5.41) is 1.93. The fourth-order valence-electron chi connectivity index (χ4n) is 0.896. The summed E-state index contributed by atoms with van der Waals surface area (Å²) in [5.74, 6) is -0.528. The first-order chi connectivity index (χ1) is 5.29. The van der Waals surface area contributed by atoms with Crippen LogP contribution in [0.1, 0.15) is 13.3 Å². The number of nitrogens with one attached hydrogen (secondary N) is 1. The van der Waals surface area contributed by atoms with E-state index in [1.54, 1.807) is 6.92 Å². The van der Waals surface area contributed by atoms with Gasteiger partial charge in [-0.15, -0.1) is 23.2 Å². The van der Waals surface area contributed by atoms with Crippen LogP contribution in [0.4, 0.5) is 4.79 Å². The van der Waals surface area contributed by atoms with E-state index in [2.05, 4.69) is 0 Å². The minimum atomic E-state index is -1.06. The molecule has 12 heavy (non-hydrogen) atoms. The second kappa shape index (κ2) is 2.50. The van der Waals surface area contributed by atoms with Crippen molar-refractivity contribution >= 4 is 35.1 Å². The van der Waals surface area contributed by atoms with Crippen LogP contribution in [0.2, 0.25) is 0 Å². The third-order valence-electron chi connectivity index (χ3n) is 2.00. The lowest BCUT2D eigenvalue weighted by Gasteiger charge is -2.09. The van der Waals surface area contributed by atoms with Crippen molar-refractivity contribution in [1.82, 2.24) is 5.32 Å². The van der Waals surface area contributed by atoms with Crippen molar-refractivity contribution in [3.8, 4) is 0 Å². The maximum absolute atomic E-state index is 11.2. The van der Waals surface area contributed by atoms with Gasteiger partial charge in [0.05, 0.1) is 5.41 Å². The molecule has 0 radical (unpaired) electrons. The molecule has 0 saturated heterocycles. The molecule has 0 aliphatic heterocycles. The molecule has 3 N–H and O–H groups in total. The number of urea groups is 1. The Morgan fingerprint density at radius 2 is 1.92 bits per heavy atom. The molecule has 68 valence electrons. The zero-order chi connectivity index (χ0) is 9.57. The number of carbonyl (C=O) groups is 2. The molecule has 1 aliphatic carbocycles. The van der Waals surface area contributed by atoms with Gasteiger partial charge in [-0.25, -0.2) is 4.79 Å². The summed E-state index contributed by atoms with van der Waals surface area (Å²) < 4.78 is -1.06. The van der Waals surface area contributed by atoms with Crippen molar-refractivity contribution < 1.29 is 9.59 Å². The molecule has 1 fully saturated rings. The summed E-state index contributed by atoms with van der Waals surface area (Å²) in [4.78, 5) is 21.5. The van der Waals surface area contributed by atoms with E-state index in [1.807, 2.05) is 5.32 Å². The van der Waals surface area contributed by atoms with Gasteiger partial charge in [0.1, 0.15) is 4.33 Å². The number of amides is 3. The molecule has 1 atom stereocenters. The van der Waals surface area contributed by atoms with E-state index < -0.39 is 21.7 Å². The van der Waals surface area contributed by atoms with Crippen LogP contribution in [0.5, 0.6) is 0 Å². The van der Waals surface area contributed by atoms with Crippen molar-refractivity contribution in [2.24, 2.45) is 11.1 Å². The van der Waals surface area contributed by atoms with E-state index in [1.165, 1.54) is 0 Å². The highest BCUT2D eigenvalue weighted by atomic mass is 35.5. The highest BCUT2D eigenvalue weighted by Gasteiger charge is 2.68. The molecule has 0 bridgehead atoms. The number of imide groups is 1. The van der Waals surface area contributed by atoms with Crippen LogP contribution >= 0.6 is 23.2 Å². The molecule has 0 aromatic heterocycles. The Kier molecular flexibility index (Phi) is 2.00. The van der Waals surface area contributed by atoms with Crippen LogP contribution in [-0.4, -0.2) is 16.3 Å². The van der Waals surface area contributed by atoms with Gasteiger partial charge in [-0.05, 0) is 13.3 Å². The third kappa shape index (κ3) is 1.36. The highest BCUT2D eigenvalue weighted by Crippen LogP contribution is 2.63. The Morgan fingerprint density at radius 1 is 1.50 bits per heavy atom. The van der Waals surface area contributed by atoms with Gasteiger partial charge >= 0.3 is 6.03 Å². The molecular weight excluding hydrogens is 203 g/mol. The maximum Gasteiger partial charge on any atom is 0.318 e. The van der Waals surface area contributed by atoms with Crippen LogP contribution in [0, 0.1) is 5.41 Å². The van der Waals surface area contributed by atoms with Gasteiger partial charge in [0, 0.05) is 0 Å².